The van der Waals surface area contributed by atoms with Gasteiger partial charge in [-0.25, -0.2) is 4.79 Å². The molecule has 10 heteroatoms. The number of hydrazine groups is 1. The number of carbonyl (C=O) groups excluding carboxylic acids is 5. The fourth-order valence-corrected chi connectivity index (χ4v) is 6.97. The lowest BCUT2D eigenvalue weighted by molar-refractivity contribution is -0.162. The number of rotatable bonds is 6. The molecule has 1 heterocycles. The second kappa shape index (κ2) is 10.8. The van der Waals surface area contributed by atoms with E-state index in [9.17, 15) is 24.0 Å². The Labute approximate surface area is 250 Å². The minimum Gasteiger partial charge on any atom is -0.454 e. The van der Waals surface area contributed by atoms with Crippen LogP contribution in [0.1, 0.15) is 58.3 Å². The van der Waals surface area contributed by atoms with E-state index in [0.717, 1.165) is 31.6 Å². The lowest BCUT2D eigenvalue weighted by Crippen LogP contribution is -2.50. The van der Waals surface area contributed by atoms with Gasteiger partial charge in [-0.2, -0.15) is 0 Å². The molecule has 0 spiro atoms. The van der Waals surface area contributed by atoms with Crippen LogP contribution in [-0.4, -0.2) is 47.1 Å². The number of ether oxygens (including phenoxy) is 1. The Hall–Kier alpha value is -4.31. The lowest BCUT2D eigenvalue weighted by atomic mass is 9.55. The van der Waals surface area contributed by atoms with Crippen molar-refractivity contribution in [1.29, 1.82) is 0 Å². The van der Waals surface area contributed by atoms with Crippen LogP contribution in [0.5, 0.6) is 0 Å². The summed E-state index contributed by atoms with van der Waals surface area (Å²) in [5, 5.41) is 0. The van der Waals surface area contributed by atoms with Crippen molar-refractivity contribution in [3.8, 4) is 0 Å². The third kappa shape index (κ3) is 4.50. The molecule has 4 amide bonds. The molecule has 3 aromatic rings. The fourth-order valence-electron chi connectivity index (χ4n) is 6.71. The molecule has 0 radical (unpaired) electrons. The Bertz CT molecular complexity index is 1500. The van der Waals surface area contributed by atoms with E-state index in [1.54, 1.807) is 38.1 Å². The molecule has 1 fully saturated rings. The summed E-state index contributed by atoms with van der Waals surface area (Å²) >= 11 is 3.29. The lowest BCUT2D eigenvalue weighted by Gasteiger charge is -2.45. The summed E-state index contributed by atoms with van der Waals surface area (Å²) in [5.74, 6) is -5.28. The van der Waals surface area contributed by atoms with Gasteiger partial charge >= 0.3 is 5.97 Å². The number of likely N-dealkylation sites (tertiary alicyclic amines) is 1. The first-order valence-electron chi connectivity index (χ1n) is 13.7. The first-order valence-corrected chi connectivity index (χ1v) is 14.5. The smallest absolute Gasteiger partial charge is 0.330 e. The van der Waals surface area contributed by atoms with Gasteiger partial charge in [-0.05, 0) is 52.4 Å². The van der Waals surface area contributed by atoms with Crippen LogP contribution >= 0.6 is 15.9 Å². The zero-order chi connectivity index (χ0) is 29.7. The number of imide groups is 1. The fraction of sp³-hybridized carbons (Fsp3) is 0.281. The van der Waals surface area contributed by atoms with Crippen molar-refractivity contribution < 1.29 is 28.7 Å². The van der Waals surface area contributed by atoms with Crippen molar-refractivity contribution >= 4 is 45.5 Å². The topological polar surface area (TPSA) is 122 Å². The van der Waals surface area contributed by atoms with Gasteiger partial charge in [-0.3, -0.25) is 34.9 Å². The van der Waals surface area contributed by atoms with E-state index in [1.165, 1.54) is 0 Å². The molecular weight excluding hydrogens is 602 g/mol. The van der Waals surface area contributed by atoms with Gasteiger partial charge in [0.1, 0.15) is 6.04 Å². The van der Waals surface area contributed by atoms with Crippen molar-refractivity contribution in [2.45, 2.75) is 31.7 Å². The molecule has 4 aliphatic rings. The molecule has 2 bridgehead atoms. The molecule has 9 nitrogen and oxygen atoms in total. The van der Waals surface area contributed by atoms with Crippen molar-refractivity contribution in [2.75, 3.05) is 6.61 Å². The summed E-state index contributed by atoms with van der Waals surface area (Å²) < 4.78 is 6.08. The number of nitrogens with zero attached hydrogens (tertiary/aromatic N) is 1. The van der Waals surface area contributed by atoms with E-state index in [4.69, 9.17) is 4.74 Å². The number of halogens is 1. The van der Waals surface area contributed by atoms with Gasteiger partial charge in [-0.15, -0.1) is 0 Å². The van der Waals surface area contributed by atoms with Gasteiger partial charge in [0.05, 0.1) is 11.8 Å². The Balaban J connectivity index is 1.18. The summed E-state index contributed by atoms with van der Waals surface area (Å²) in [6.45, 7) is 2.75. The molecule has 0 aromatic heterocycles. The molecule has 7 rings (SSSR count). The summed E-state index contributed by atoms with van der Waals surface area (Å²) in [5.41, 5.74) is 8.95. The molecule has 214 valence electrons. The number of hydrogen-bond donors (Lipinski definition) is 2. The SMILES string of the molecule is CC(C)[C@H](C(=O)OCC(=O)NNC(=O)c1ccc(Br)cc1)N1C(=O)[C@@H]2C3c4ccccc4C(c4ccccc43)[C@@H]2C1=O. The first kappa shape index (κ1) is 27.8. The maximum atomic E-state index is 14.0. The predicted molar refractivity (Wildman–Crippen MR) is 155 cm³/mol. The van der Waals surface area contributed by atoms with Crippen molar-refractivity contribution in [1.82, 2.24) is 15.8 Å². The Kier molecular flexibility index (Phi) is 7.18. The monoisotopic (exact) mass is 629 g/mol. The highest BCUT2D eigenvalue weighted by Crippen LogP contribution is 2.61. The van der Waals surface area contributed by atoms with Crippen molar-refractivity contribution in [2.24, 2.45) is 17.8 Å². The van der Waals surface area contributed by atoms with Gasteiger partial charge in [0.15, 0.2) is 6.61 Å². The largest absolute Gasteiger partial charge is 0.454 e. The average Bonchev–Trinajstić information content (AvgIpc) is 3.25. The van der Waals surface area contributed by atoms with Crippen LogP contribution in [0.4, 0.5) is 0 Å². The van der Waals surface area contributed by atoms with E-state index in [-0.39, 0.29) is 11.8 Å². The summed E-state index contributed by atoms with van der Waals surface area (Å²) in [6, 6.07) is 21.1. The van der Waals surface area contributed by atoms with E-state index >= 15 is 0 Å². The summed E-state index contributed by atoms with van der Waals surface area (Å²) in [4.78, 5) is 67.1. The highest BCUT2D eigenvalue weighted by atomic mass is 79.9. The molecule has 0 saturated carbocycles. The average molecular weight is 630 g/mol. The Morgan fingerprint density at radius 2 is 1.26 bits per heavy atom. The van der Waals surface area contributed by atoms with E-state index < -0.39 is 60.0 Å². The molecule has 1 saturated heterocycles. The maximum absolute atomic E-state index is 14.0. The Morgan fingerprint density at radius 1 is 0.786 bits per heavy atom. The van der Waals surface area contributed by atoms with E-state index in [2.05, 4.69) is 26.8 Å². The predicted octanol–water partition coefficient (Wildman–Crippen LogP) is 3.67. The Morgan fingerprint density at radius 3 is 1.71 bits per heavy atom. The zero-order valence-corrected chi connectivity index (χ0v) is 24.5. The van der Waals surface area contributed by atoms with Crippen LogP contribution in [0.2, 0.25) is 0 Å². The molecule has 42 heavy (non-hydrogen) atoms. The minimum absolute atomic E-state index is 0.294. The van der Waals surface area contributed by atoms with Crippen LogP contribution in [0.25, 0.3) is 0 Å². The van der Waals surface area contributed by atoms with Crippen LogP contribution in [0.3, 0.4) is 0 Å². The first-order chi connectivity index (χ1) is 20.2. The summed E-state index contributed by atoms with van der Waals surface area (Å²) in [7, 11) is 0. The van der Waals surface area contributed by atoms with Crippen LogP contribution < -0.4 is 10.9 Å². The van der Waals surface area contributed by atoms with E-state index in [0.29, 0.717) is 5.56 Å². The number of esters is 1. The number of amides is 4. The van der Waals surface area contributed by atoms with Crippen molar-refractivity contribution in [3.63, 3.8) is 0 Å². The normalized spacial score (nSPS) is 22.2. The highest BCUT2D eigenvalue weighted by Gasteiger charge is 2.63. The zero-order valence-electron chi connectivity index (χ0n) is 22.9. The maximum Gasteiger partial charge on any atom is 0.330 e. The van der Waals surface area contributed by atoms with Gasteiger partial charge < -0.3 is 4.74 Å². The second-order valence-electron chi connectivity index (χ2n) is 11.1. The molecule has 2 N–H and O–H groups in total. The van der Waals surface area contributed by atoms with Crippen LogP contribution in [0.15, 0.2) is 77.3 Å². The quantitative estimate of drug-likeness (QED) is 0.244. The minimum atomic E-state index is -1.20. The number of carbonyl (C=O) groups is 5. The molecule has 3 aliphatic carbocycles. The number of nitrogens with one attached hydrogen (secondary N) is 2. The molecule has 1 aliphatic heterocycles. The highest BCUT2D eigenvalue weighted by molar-refractivity contribution is 9.10. The van der Waals surface area contributed by atoms with Crippen LogP contribution in [-0.2, 0) is 23.9 Å². The van der Waals surface area contributed by atoms with Gasteiger partial charge in [0.25, 0.3) is 11.8 Å². The van der Waals surface area contributed by atoms with Crippen LogP contribution in [0, 0.1) is 17.8 Å². The number of hydrogen-bond acceptors (Lipinski definition) is 6. The van der Waals surface area contributed by atoms with Gasteiger partial charge in [-0.1, -0.05) is 78.3 Å². The molecule has 0 unspecified atom stereocenters. The summed E-state index contributed by atoms with van der Waals surface area (Å²) in [6.07, 6.45) is 0. The third-order valence-corrected chi connectivity index (χ3v) is 8.93. The standard InChI is InChI=1S/C32H28BrN3O6/c1-16(2)28(32(41)42-15-23(37)34-35-29(38)17-11-13-18(33)14-12-17)36-30(39)26-24-19-7-3-4-8-20(19)25(27(26)31(36)40)22-10-6-5-9-21(22)24/h3-14,16,24-28H,15H2,1-2H3,(H,34,37)(H,35,38)/t24?,25?,26-,27+,28-/m1/s1. The molecular formula is C32H28BrN3O6. The second-order valence-corrected chi connectivity index (χ2v) is 12.0. The van der Waals surface area contributed by atoms with Gasteiger partial charge in [0, 0.05) is 21.9 Å². The van der Waals surface area contributed by atoms with Gasteiger partial charge in [0.2, 0.25) is 11.8 Å². The number of benzene rings is 3. The molecule has 3 aromatic carbocycles. The van der Waals surface area contributed by atoms with Crippen molar-refractivity contribution in [3.05, 3.63) is 105 Å². The third-order valence-electron chi connectivity index (χ3n) is 8.40. The van der Waals surface area contributed by atoms with E-state index in [1.807, 2.05) is 48.5 Å². The molecule has 3 atom stereocenters.